The number of amides is 1. The first-order chi connectivity index (χ1) is 12.1. The fraction of sp³-hybridized carbons (Fsp3) is 0.500. The van der Waals surface area contributed by atoms with E-state index in [9.17, 15) is 4.79 Å². The topological polar surface area (TPSA) is 45.2 Å². The number of rotatable bonds is 10. The Balaban J connectivity index is 1.77. The minimum atomic E-state index is -0.0839. The predicted octanol–water partition coefficient (Wildman–Crippen LogP) is 4.47. The van der Waals surface area contributed by atoms with Crippen LogP contribution in [-0.4, -0.2) is 42.0 Å². The van der Waals surface area contributed by atoms with Gasteiger partial charge in [-0.1, -0.05) is 19.9 Å². The third kappa shape index (κ3) is 6.55. The molecule has 0 bridgehead atoms. The van der Waals surface area contributed by atoms with Crippen molar-refractivity contribution in [2.75, 3.05) is 26.2 Å². The Hall–Kier alpha value is -1.21. The van der Waals surface area contributed by atoms with Gasteiger partial charge in [0.05, 0.1) is 5.52 Å². The van der Waals surface area contributed by atoms with Crippen LogP contribution in [0.15, 0.2) is 30.3 Å². The smallest absolute Gasteiger partial charge is 0.269 e. The predicted molar refractivity (Wildman–Crippen MR) is 113 cm³/mol. The number of hydrogen-bond donors (Lipinski definition) is 1. The van der Waals surface area contributed by atoms with Crippen molar-refractivity contribution in [2.24, 2.45) is 0 Å². The molecular weight excluding hydrogens is 425 g/mol. The molecule has 4 nitrogen and oxygen atoms in total. The van der Waals surface area contributed by atoms with E-state index in [1.165, 1.54) is 29.5 Å². The second-order valence-electron chi connectivity index (χ2n) is 6.34. The van der Waals surface area contributed by atoms with Crippen LogP contribution in [0.5, 0.6) is 0 Å². The lowest BCUT2D eigenvalue weighted by atomic mass is 10.2. The van der Waals surface area contributed by atoms with E-state index in [1.807, 2.05) is 18.2 Å². The monoisotopic (exact) mass is 453 g/mol. The lowest BCUT2D eigenvalue weighted by Crippen LogP contribution is -2.28. The first-order valence-corrected chi connectivity index (χ1v) is 10.3. The summed E-state index contributed by atoms with van der Waals surface area (Å²) in [5.41, 5.74) is 1.36. The van der Waals surface area contributed by atoms with E-state index in [4.69, 9.17) is 0 Å². The number of hydrogen-bond acceptors (Lipinski definition) is 3. The van der Waals surface area contributed by atoms with Gasteiger partial charge in [-0.15, -0.1) is 0 Å². The Morgan fingerprint density at radius 1 is 1.08 bits per heavy atom. The van der Waals surface area contributed by atoms with Gasteiger partial charge in [0.1, 0.15) is 5.69 Å². The Bertz CT molecular complexity index is 684. The van der Waals surface area contributed by atoms with Gasteiger partial charge < -0.3 is 10.2 Å². The summed E-state index contributed by atoms with van der Waals surface area (Å²) in [6, 6.07) is 9.81. The highest BCUT2D eigenvalue weighted by molar-refractivity contribution is 14.1. The number of aromatic nitrogens is 1. The lowest BCUT2D eigenvalue weighted by Gasteiger charge is -2.20. The van der Waals surface area contributed by atoms with Crippen LogP contribution in [0.1, 0.15) is 50.0 Å². The van der Waals surface area contributed by atoms with E-state index in [2.05, 4.69) is 57.7 Å². The van der Waals surface area contributed by atoms with Crippen molar-refractivity contribution < 1.29 is 4.79 Å². The molecule has 2 aromatic rings. The number of nitrogens with one attached hydrogen (secondary N) is 1. The normalized spacial score (nSPS) is 11.2. The van der Waals surface area contributed by atoms with Gasteiger partial charge in [0.2, 0.25) is 0 Å². The molecule has 0 radical (unpaired) electrons. The molecule has 136 valence electrons. The number of benzene rings is 1. The highest BCUT2D eigenvalue weighted by Gasteiger charge is 2.08. The van der Waals surface area contributed by atoms with Crippen LogP contribution in [0.3, 0.4) is 0 Å². The Kier molecular flexibility index (Phi) is 8.61. The highest BCUT2D eigenvalue weighted by Crippen LogP contribution is 2.16. The molecule has 0 aliphatic heterocycles. The van der Waals surface area contributed by atoms with Gasteiger partial charge in [0, 0.05) is 15.5 Å². The van der Waals surface area contributed by atoms with Crippen molar-refractivity contribution in [1.29, 1.82) is 0 Å². The third-order valence-corrected chi connectivity index (χ3v) is 4.82. The average Bonchev–Trinajstić information content (AvgIpc) is 2.61. The van der Waals surface area contributed by atoms with Crippen molar-refractivity contribution in [1.82, 2.24) is 15.2 Å². The van der Waals surface area contributed by atoms with E-state index < -0.39 is 0 Å². The van der Waals surface area contributed by atoms with E-state index >= 15 is 0 Å². The third-order valence-electron chi connectivity index (χ3n) is 4.15. The quantitative estimate of drug-likeness (QED) is 0.427. The zero-order valence-corrected chi connectivity index (χ0v) is 17.4. The fourth-order valence-corrected chi connectivity index (χ4v) is 3.46. The molecule has 2 rings (SSSR count). The molecule has 1 heterocycles. The van der Waals surface area contributed by atoms with Crippen molar-refractivity contribution in [3.63, 3.8) is 0 Å². The van der Waals surface area contributed by atoms with Crippen LogP contribution in [0.2, 0.25) is 0 Å². The Morgan fingerprint density at radius 3 is 2.56 bits per heavy atom. The fourth-order valence-electron chi connectivity index (χ4n) is 2.94. The molecule has 5 heteroatoms. The van der Waals surface area contributed by atoms with Gasteiger partial charge in [0.25, 0.3) is 5.91 Å². The first kappa shape index (κ1) is 20.1. The van der Waals surface area contributed by atoms with Crippen molar-refractivity contribution in [3.05, 3.63) is 39.6 Å². The minimum absolute atomic E-state index is 0.0839. The van der Waals surface area contributed by atoms with Gasteiger partial charge in [-0.3, -0.25) is 4.79 Å². The van der Waals surface area contributed by atoms with Gasteiger partial charge in [-0.05, 0) is 92.2 Å². The molecule has 0 aliphatic rings. The van der Waals surface area contributed by atoms with Crippen LogP contribution in [-0.2, 0) is 0 Å². The SMILES string of the molecule is CCCN(CCC)CCCCNC(=O)c1ccc2cc(I)ccc2n1. The molecule has 0 fully saturated rings. The van der Waals surface area contributed by atoms with Gasteiger partial charge >= 0.3 is 0 Å². The van der Waals surface area contributed by atoms with Gasteiger partial charge in [0.15, 0.2) is 0 Å². The first-order valence-electron chi connectivity index (χ1n) is 9.21. The summed E-state index contributed by atoms with van der Waals surface area (Å²) in [4.78, 5) is 19.2. The molecule has 0 atom stereocenters. The van der Waals surface area contributed by atoms with E-state index in [1.54, 1.807) is 6.07 Å². The average molecular weight is 453 g/mol. The van der Waals surface area contributed by atoms with Crippen LogP contribution in [0.4, 0.5) is 0 Å². The number of fused-ring (bicyclic) bond motifs is 1. The molecule has 1 aromatic heterocycles. The molecule has 0 unspecified atom stereocenters. The standard InChI is InChI=1S/C20H28IN3O/c1-3-12-24(13-4-2)14-6-5-11-22-20(25)19-9-7-16-15-17(21)8-10-18(16)23-19/h7-10,15H,3-6,11-14H2,1-2H3,(H,22,25). The van der Waals surface area contributed by atoms with Crippen molar-refractivity contribution >= 4 is 39.4 Å². The largest absolute Gasteiger partial charge is 0.351 e. The van der Waals surface area contributed by atoms with E-state index in [-0.39, 0.29) is 5.91 Å². The summed E-state index contributed by atoms with van der Waals surface area (Å²) < 4.78 is 1.17. The summed E-state index contributed by atoms with van der Waals surface area (Å²) >= 11 is 2.28. The second kappa shape index (κ2) is 10.7. The van der Waals surface area contributed by atoms with Crippen molar-refractivity contribution in [3.8, 4) is 0 Å². The van der Waals surface area contributed by atoms with Crippen LogP contribution in [0, 0.1) is 3.57 Å². The number of pyridine rings is 1. The number of carbonyl (C=O) groups is 1. The van der Waals surface area contributed by atoms with Crippen LogP contribution >= 0.6 is 22.6 Å². The molecule has 0 spiro atoms. The molecular formula is C20H28IN3O. The molecule has 1 aromatic carbocycles. The Morgan fingerprint density at radius 2 is 1.84 bits per heavy atom. The van der Waals surface area contributed by atoms with Crippen LogP contribution < -0.4 is 5.32 Å². The summed E-state index contributed by atoms with van der Waals surface area (Å²) in [7, 11) is 0. The summed E-state index contributed by atoms with van der Waals surface area (Å²) in [5, 5.41) is 4.06. The van der Waals surface area contributed by atoms with Gasteiger partial charge in [-0.25, -0.2) is 4.98 Å². The number of carbonyl (C=O) groups excluding carboxylic acids is 1. The minimum Gasteiger partial charge on any atom is -0.351 e. The second-order valence-corrected chi connectivity index (χ2v) is 7.58. The van der Waals surface area contributed by atoms with Crippen molar-refractivity contribution in [2.45, 2.75) is 39.5 Å². The van der Waals surface area contributed by atoms with Crippen LogP contribution in [0.25, 0.3) is 10.9 Å². The summed E-state index contributed by atoms with van der Waals surface area (Å²) in [5.74, 6) is -0.0839. The maximum Gasteiger partial charge on any atom is 0.269 e. The molecule has 25 heavy (non-hydrogen) atoms. The van der Waals surface area contributed by atoms with E-state index in [0.717, 1.165) is 30.3 Å². The zero-order chi connectivity index (χ0) is 18.1. The highest BCUT2D eigenvalue weighted by atomic mass is 127. The number of nitrogens with zero attached hydrogens (tertiary/aromatic N) is 2. The molecule has 0 aliphatic carbocycles. The molecule has 0 saturated heterocycles. The number of unbranched alkanes of at least 4 members (excludes halogenated alkanes) is 1. The summed E-state index contributed by atoms with van der Waals surface area (Å²) in [6.45, 7) is 8.60. The maximum atomic E-state index is 12.3. The maximum absolute atomic E-state index is 12.3. The zero-order valence-electron chi connectivity index (χ0n) is 15.2. The van der Waals surface area contributed by atoms with E-state index in [0.29, 0.717) is 12.2 Å². The van der Waals surface area contributed by atoms with Gasteiger partial charge in [-0.2, -0.15) is 0 Å². The Labute approximate surface area is 164 Å². The molecule has 1 N–H and O–H groups in total. The number of halogens is 1. The molecule has 0 saturated carbocycles. The molecule has 1 amide bonds. The summed E-state index contributed by atoms with van der Waals surface area (Å²) in [6.07, 6.45) is 4.51. The lowest BCUT2D eigenvalue weighted by molar-refractivity contribution is 0.0948.